The van der Waals surface area contributed by atoms with E-state index in [0.29, 0.717) is 17.4 Å². The van der Waals surface area contributed by atoms with Gasteiger partial charge in [0.15, 0.2) is 0 Å². The van der Waals surface area contributed by atoms with Crippen LogP contribution in [-0.2, 0) is 24.1 Å². The number of nitrogens with zero attached hydrogens (tertiary/aromatic N) is 1. The van der Waals surface area contributed by atoms with E-state index in [-0.39, 0.29) is 23.1 Å². The third kappa shape index (κ3) is 5.55. The van der Waals surface area contributed by atoms with E-state index in [1.54, 1.807) is 0 Å². The van der Waals surface area contributed by atoms with E-state index in [1.807, 2.05) is 52.3 Å². The summed E-state index contributed by atoms with van der Waals surface area (Å²) in [6, 6.07) is 7.46. The molecule has 0 radical (unpaired) electrons. The van der Waals surface area contributed by atoms with Crippen molar-refractivity contribution in [2.45, 2.75) is 65.1 Å². The highest BCUT2D eigenvalue weighted by Crippen LogP contribution is 2.40. The number of hydrogen-bond acceptors (Lipinski definition) is 2. The second-order valence-electron chi connectivity index (χ2n) is 9.74. The molecule has 1 unspecified atom stereocenters. The van der Waals surface area contributed by atoms with E-state index in [9.17, 15) is 17.7 Å². The quantitative estimate of drug-likeness (QED) is 0.297. The molecule has 0 aliphatic carbocycles. The van der Waals surface area contributed by atoms with Gasteiger partial charge in [-0.1, -0.05) is 32.0 Å². The second kappa shape index (κ2) is 9.31. The van der Waals surface area contributed by atoms with Gasteiger partial charge in [0.25, 0.3) is 0 Å². The first-order valence-corrected chi connectivity index (χ1v) is 12.0. The minimum absolute atomic E-state index is 0.0936. The van der Waals surface area contributed by atoms with Crippen LogP contribution in [0.15, 0.2) is 42.6 Å². The maximum atomic E-state index is 15.3. The molecule has 2 atom stereocenters. The average Bonchev–Trinajstić information content (AvgIpc) is 3.02. The van der Waals surface area contributed by atoms with Gasteiger partial charge in [-0.25, -0.2) is 4.39 Å². The van der Waals surface area contributed by atoms with Crippen molar-refractivity contribution in [3.8, 4) is 11.1 Å². The Labute approximate surface area is 195 Å². The van der Waals surface area contributed by atoms with Crippen molar-refractivity contribution in [2.75, 3.05) is 0 Å². The Morgan fingerprint density at radius 1 is 1.03 bits per heavy atom. The highest BCUT2D eigenvalue weighted by Gasteiger charge is 2.34. The lowest BCUT2D eigenvalue weighted by Crippen LogP contribution is -2.40. The number of hydrogen-bond donors (Lipinski definition) is 1. The Morgan fingerprint density at radius 3 is 2.24 bits per heavy atom. The molecule has 1 N–H and O–H groups in total. The van der Waals surface area contributed by atoms with Crippen LogP contribution in [0.4, 0.5) is 17.6 Å². The van der Waals surface area contributed by atoms with Gasteiger partial charge in [-0.15, -0.1) is 4.72 Å². The van der Waals surface area contributed by atoms with Crippen molar-refractivity contribution in [3.05, 3.63) is 59.5 Å². The van der Waals surface area contributed by atoms with Crippen LogP contribution in [0.3, 0.4) is 0 Å². The van der Waals surface area contributed by atoms with E-state index in [4.69, 9.17) is 0 Å². The fourth-order valence-corrected chi connectivity index (χ4v) is 4.60. The van der Waals surface area contributed by atoms with Crippen LogP contribution in [0.1, 0.15) is 58.7 Å². The Morgan fingerprint density at radius 2 is 1.67 bits per heavy atom. The smallest absolute Gasteiger partial charge is 0.417 e. The Kier molecular flexibility index (Phi) is 7.22. The summed E-state index contributed by atoms with van der Waals surface area (Å²) in [7, 11) is 0. The summed E-state index contributed by atoms with van der Waals surface area (Å²) in [6.07, 6.45) is -2.72. The molecule has 180 valence electrons. The third-order valence-electron chi connectivity index (χ3n) is 5.39. The Bertz CT molecular complexity index is 1130. The van der Waals surface area contributed by atoms with Gasteiger partial charge in [0.05, 0.1) is 11.6 Å². The van der Waals surface area contributed by atoms with Crippen molar-refractivity contribution >= 4 is 22.3 Å². The van der Waals surface area contributed by atoms with E-state index < -0.39 is 33.7 Å². The summed E-state index contributed by atoms with van der Waals surface area (Å²) >= 11 is -1.34. The summed E-state index contributed by atoms with van der Waals surface area (Å²) in [6.45, 7) is 12.1. The van der Waals surface area contributed by atoms with E-state index >= 15 is 4.39 Å². The van der Waals surface area contributed by atoms with Crippen LogP contribution >= 0.6 is 0 Å². The molecule has 0 aliphatic heterocycles. The van der Waals surface area contributed by atoms with Crippen LogP contribution in [0.5, 0.6) is 0 Å². The molecule has 0 aliphatic rings. The Balaban J connectivity index is 2.19. The number of halogens is 4. The molecule has 0 saturated heterocycles. The first kappa shape index (κ1) is 25.6. The zero-order valence-electron chi connectivity index (χ0n) is 19.7. The van der Waals surface area contributed by atoms with Gasteiger partial charge < -0.3 is 9.12 Å². The number of aromatic nitrogens is 1. The number of benzene rings is 2. The minimum Gasteiger partial charge on any atom is -0.598 e. The Hall–Kier alpha value is -2.03. The predicted molar refractivity (Wildman–Crippen MR) is 127 cm³/mol. The summed E-state index contributed by atoms with van der Waals surface area (Å²) in [4.78, 5) is 0. The average molecular weight is 483 g/mol. The molecule has 0 fully saturated rings. The van der Waals surface area contributed by atoms with Crippen LogP contribution < -0.4 is 4.72 Å². The van der Waals surface area contributed by atoms with Crippen molar-refractivity contribution in [1.29, 1.82) is 0 Å². The predicted octanol–water partition coefficient (Wildman–Crippen LogP) is 7.24. The molecule has 33 heavy (non-hydrogen) atoms. The molecule has 0 amide bonds. The second-order valence-corrected chi connectivity index (χ2v) is 11.7. The number of fused-ring (bicyclic) bond motifs is 1. The molecule has 3 rings (SSSR count). The number of alkyl halides is 3. The molecule has 2 aromatic carbocycles. The molecule has 0 saturated carbocycles. The molecule has 1 aromatic heterocycles. The SMILES string of the molecule is CC(C)Cn1cc([C@@H](C)N[S+]([O-])C(C)(C)C)c2cc(F)c(-c3ccccc3C(F)(F)F)cc21. The molecule has 0 bridgehead atoms. The first-order chi connectivity index (χ1) is 15.2. The molecular weight excluding hydrogens is 452 g/mol. The molecule has 3 aromatic rings. The number of rotatable bonds is 6. The normalized spacial score (nSPS) is 14.8. The lowest BCUT2D eigenvalue weighted by atomic mass is 9.96. The van der Waals surface area contributed by atoms with Crippen LogP contribution in [0.25, 0.3) is 22.0 Å². The van der Waals surface area contributed by atoms with Crippen molar-refractivity contribution < 1.29 is 22.1 Å². The van der Waals surface area contributed by atoms with E-state index in [2.05, 4.69) is 4.72 Å². The summed E-state index contributed by atoms with van der Waals surface area (Å²) in [5.74, 6) is -0.469. The largest absolute Gasteiger partial charge is 0.598 e. The fourth-order valence-electron chi connectivity index (χ4n) is 3.80. The maximum Gasteiger partial charge on any atom is 0.417 e. The van der Waals surface area contributed by atoms with Crippen LogP contribution in [0.2, 0.25) is 0 Å². The standard InChI is InChI=1S/C25H30F4N2OS/c1-15(2)13-31-14-20(16(3)30-33(32)24(4,5)6)19-11-22(26)18(12-23(19)31)17-9-7-8-10-21(17)25(27,28)29/h7-12,14-16,30H,13H2,1-6H3/t16-,33?/m1/s1. The van der Waals surface area contributed by atoms with Gasteiger partial charge in [0.1, 0.15) is 10.6 Å². The highest BCUT2D eigenvalue weighted by molar-refractivity contribution is 7.90. The van der Waals surface area contributed by atoms with E-state index in [1.165, 1.54) is 30.3 Å². The monoisotopic (exact) mass is 482 g/mol. The zero-order chi connectivity index (χ0) is 24.7. The zero-order valence-corrected chi connectivity index (χ0v) is 20.5. The highest BCUT2D eigenvalue weighted by atomic mass is 32.2. The minimum atomic E-state index is -4.60. The number of nitrogens with one attached hydrogen (secondary N) is 1. The molecule has 3 nitrogen and oxygen atoms in total. The summed E-state index contributed by atoms with van der Waals surface area (Å²) in [5.41, 5.74) is 0.230. The van der Waals surface area contributed by atoms with E-state index in [0.717, 1.165) is 11.6 Å². The topological polar surface area (TPSA) is 40.0 Å². The maximum absolute atomic E-state index is 15.3. The van der Waals surface area contributed by atoms with Crippen molar-refractivity contribution in [3.63, 3.8) is 0 Å². The summed E-state index contributed by atoms with van der Waals surface area (Å²) < 4.78 is 73.2. The summed E-state index contributed by atoms with van der Waals surface area (Å²) in [5, 5.41) is 0.590. The van der Waals surface area contributed by atoms with Gasteiger partial charge in [0, 0.05) is 40.6 Å². The van der Waals surface area contributed by atoms with Gasteiger partial charge >= 0.3 is 6.18 Å². The van der Waals surface area contributed by atoms with Crippen molar-refractivity contribution in [2.24, 2.45) is 5.92 Å². The van der Waals surface area contributed by atoms with Gasteiger partial charge in [-0.2, -0.15) is 13.2 Å². The van der Waals surface area contributed by atoms with Crippen LogP contribution in [-0.4, -0.2) is 13.9 Å². The lowest BCUT2D eigenvalue weighted by molar-refractivity contribution is -0.137. The van der Waals surface area contributed by atoms with Gasteiger partial charge in [0.2, 0.25) is 0 Å². The fraction of sp³-hybridized carbons (Fsp3) is 0.440. The molecular formula is C25H30F4N2OS. The van der Waals surface area contributed by atoms with Crippen LogP contribution in [0, 0.1) is 11.7 Å². The third-order valence-corrected chi connectivity index (χ3v) is 7.07. The molecule has 0 spiro atoms. The molecule has 1 heterocycles. The first-order valence-electron chi connectivity index (χ1n) is 10.9. The lowest BCUT2D eigenvalue weighted by Gasteiger charge is -2.26. The van der Waals surface area contributed by atoms with Gasteiger partial charge in [-0.05, 0) is 62.9 Å². The van der Waals surface area contributed by atoms with Crippen molar-refractivity contribution in [1.82, 2.24) is 9.29 Å². The van der Waals surface area contributed by atoms with Gasteiger partial charge in [-0.3, -0.25) is 0 Å². The molecule has 8 heteroatoms.